The van der Waals surface area contributed by atoms with Gasteiger partial charge in [0.15, 0.2) is 0 Å². The Morgan fingerprint density at radius 1 is 1.00 bits per heavy atom. The third-order valence-corrected chi connectivity index (χ3v) is 4.56. The van der Waals surface area contributed by atoms with Crippen LogP contribution in [0, 0.1) is 20.8 Å². The van der Waals surface area contributed by atoms with Crippen molar-refractivity contribution in [2.75, 3.05) is 5.73 Å². The van der Waals surface area contributed by atoms with Crippen molar-refractivity contribution in [2.45, 2.75) is 31.4 Å². The Kier molecular flexibility index (Phi) is 4.05. The largest absolute Gasteiger partial charge is 0.399 e. The normalized spacial score (nSPS) is 12.4. The van der Waals surface area contributed by atoms with Gasteiger partial charge in [-0.05, 0) is 44.0 Å². The molecular formula is C16H19NOS. The molecule has 19 heavy (non-hydrogen) atoms. The minimum atomic E-state index is -1.05. The second kappa shape index (κ2) is 5.57. The molecule has 0 aliphatic heterocycles. The lowest BCUT2D eigenvalue weighted by atomic mass is 10.1. The molecule has 0 radical (unpaired) electrons. The number of anilines is 1. The van der Waals surface area contributed by atoms with Gasteiger partial charge in [-0.2, -0.15) is 0 Å². The van der Waals surface area contributed by atoms with Gasteiger partial charge in [-0.1, -0.05) is 35.4 Å². The molecule has 0 aromatic heterocycles. The number of aryl methyl sites for hydroxylation is 3. The smallest absolute Gasteiger partial charge is 0.0577 e. The first-order valence-corrected chi connectivity index (χ1v) is 7.59. The summed E-state index contributed by atoms with van der Waals surface area (Å²) in [4.78, 5) is 0.833. The highest BCUT2D eigenvalue weighted by Crippen LogP contribution is 2.20. The van der Waals surface area contributed by atoms with E-state index in [-0.39, 0.29) is 0 Å². The third-order valence-electron chi connectivity index (χ3n) is 3.04. The maximum absolute atomic E-state index is 12.5. The molecule has 2 nitrogen and oxygen atoms in total. The summed E-state index contributed by atoms with van der Waals surface area (Å²) in [5.41, 5.74) is 11.0. The van der Waals surface area contributed by atoms with Gasteiger partial charge in [0, 0.05) is 10.6 Å². The fraction of sp³-hybridized carbons (Fsp3) is 0.250. The van der Waals surface area contributed by atoms with Crippen molar-refractivity contribution in [3.05, 3.63) is 58.7 Å². The van der Waals surface area contributed by atoms with Crippen LogP contribution in [-0.4, -0.2) is 4.21 Å². The van der Waals surface area contributed by atoms with Crippen molar-refractivity contribution < 1.29 is 4.21 Å². The van der Waals surface area contributed by atoms with Crippen LogP contribution < -0.4 is 5.73 Å². The zero-order chi connectivity index (χ0) is 14.0. The molecule has 0 aliphatic rings. The van der Waals surface area contributed by atoms with Crippen molar-refractivity contribution in [1.82, 2.24) is 0 Å². The van der Waals surface area contributed by atoms with E-state index < -0.39 is 10.8 Å². The molecule has 100 valence electrons. The predicted octanol–water partition coefficient (Wildman–Crippen LogP) is 3.50. The maximum Gasteiger partial charge on any atom is 0.0577 e. The quantitative estimate of drug-likeness (QED) is 0.870. The summed E-state index contributed by atoms with van der Waals surface area (Å²) in [5.74, 6) is 0.535. The summed E-state index contributed by atoms with van der Waals surface area (Å²) in [5, 5.41) is 0. The average molecular weight is 273 g/mol. The molecule has 0 saturated heterocycles. The van der Waals surface area contributed by atoms with Gasteiger partial charge in [-0.15, -0.1) is 0 Å². The molecule has 1 atom stereocenters. The highest BCUT2D eigenvalue weighted by molar-refractivity contribution is 7.84. The number of nitrogens with two attached hydrogens (primary N) is 1. The monoisotopic (exact) mass is 273 g/mol. The van der Waals surface area contributed by atoms with Crippen molar-refractivity contribution >= 4 is 16.5 Å². The molecule has 0 amide bonds. The molecule has 0 bridgehead atoms. The molecule has 1 unspecified atom stereocenters. The van der Waals surface area contributed by atoms with Crippen LogP contribution >= 0.6 is 0 Å². The van der Waals surface area contributed by atoms with Gasteiger partial charge in [0.25, 0.3) is 0 Å². The van der Waals surface area contributed by atoms with Crippen molar-refractivity contribution in [3.63, 3.8) is 0 Å². The molecule has 2 N–H and O–H groups in total. The Balaban J connectivity index is 2.28. The zero-order valence-electron chi connectivity index (χ0n) is 11.6. The van der Waals surface area contributed by atoms with Crippen molar-refractivity contribution in [1.29, 1.82) is 0 Å². The Morgan fingerprint density at radius 3 is 2.26 bits per heavy atom. The number of rotatable bonds is 3. The fourth-order valence-electron chi connectivity index (χ4n) is 2.24. The lowest BCUT2D eigenvalue weighted by Gasteiger charge is -2.08. The summed E-state index contributed by atoms with van der Waals surface area (Å²) in [6.45, 7) is 6.09. The standard InChI is InChI=1S/C16H19NOS/c1-11-6-12(2)8-14(7-11)10-19(18)16-9-15(17)5-4-13(16)3/h4-9H,10,17H2,1-3H3. The molecular weight excluding hydrogens is 254 g/mol. The molecule has 0 heterocycles. The molecule has 0 aliphatic carbocycles. The van der Waals surface area contributed by atoms with Crippen LogP contribution in [0.2, 0.25) is 0 Å². The Morgan fingerprint density at radius 2 is 1.63 bits per heavy atom. The minimum absolute atomic E-state index is 0.535. The van der Waals surface area contributed by atoms with Gasteiger partial charge in [0.2, 0.25) is 0 Å². The van der Waals surface area contributed by atoms with Crippen LogP contribution in [0.5, 0.6) is 0 Å². The molecule has 0 spiro atoms. The van der Waals surface area contributed by atoms with E-state index in [0.717, 1.165) is 16.0 Å². The lowest BCUT2D eigenvalue weighted by Crippen LogP contribution is -2.01. The Labute approximate surface area is 117 Å². The van der Waals surface area contributed by atoms with Gasteiger partial charge in [0.05, 0.1) is 16.6 Å². The molecule has 0 fully saturated rings. The first-order chi connectivity index (χ1) is 8.95. The van der Waals surface area contributed by atoms with E-state index in [1.165, 1.54) is 11.1 Å². The van der Waals surface area contributed by atoms with Gasteiger partial charge in [-0.3, -0.25) is 4.21 Å². The number of hydrogen-bond donors (Lipinski definition) is 1. The van der Waals surface area contributed by atoms with Gasteiger partial charge >= 0.3 is 0 Å². The van der Waals surface area contributed by atoms with Crippen LogP contribution in [-0.2, 0) is 16.6 Å². The van der Waals surface area contributed by atoms with Crippen LogP contribution in [0.4, 0.5) is 5.69 Å². The number of hydrogen-bond acceptors (Lipinski definition) is 2. The highest BCUT2D eigenvalue weighted by Gasteiger charge is 2.09. The van der Waals surface area contributed by atoms with Gasteiger partial charge in [0.1, 0.15) is 0 Å². The van der Waals surface area contributed by atoms with Gasteiger partial charge in [-0.25, -0.2) is 0 Å². The summed E-state index contributed by atoms with van der Waals surface area (Å²) >= 11 is 0. The molecule has 2 aromatic carbocycles. The zero-order valence-corrected chi connectivity index (χ0v) is 12.4. The van der Waals surface area contributed by atoms with Crippen LogP contribution in [0.15, 0.2) is 41.3 Å². The lowest BCUT2D eigenvalue weighted by molar-refractivity contribution is 0.682. The second-order valence-corrected chi connectivity index (χ2v) is 6.43. The van der Waals surface area contributed by atoms with E-state index in [1.807, 2.05) is 25.1 Å². The van der Waals surface area contributed by atoms with Crippen molar-refractivity contribution in [2.24, 2.45) is 0 Å². The number of benzene rings is 2. The molecule has 0 saturated carbocycles. The van der Waals surface area contributed by atoms with E-state index in [4.69, 9.17) is 5.73 Å². The van der Waals surface area contributed by atoms with Crippen molar-refractivity contribution in [3.8, 4) is 0 Å². The maximum atomic E-state index is 12.5. The number of nitrogen functional groups attached to an aromatic ring is 1. The summed E-state index contributed by atoms with van der Waals surface area (Å²) in [6, 6.07) is 11.9. The minimum Gasteiger partial charge on any atom is -0.399 e. The summed E-state index contributed by atoms with van der Waals surface area (Å²) < 4.78 is 12.5. The van der Waals surface area contributed by atoms with E-state index >= 15 is 0 Å². The summed E-state index contributed by atoms with van der Waals surface area (Å²) in [6.07, 6.45) is 0. The van der Waals surface area contributed by atoms with Crippen LogP contribution in [0.25, 0.3) is 0 Å². The molecule has 3 heteroatoms. The Bertz CT molecular complexity index is 614. The van der Waals surface area contributed by atoms with Gasteiger partial charge < -0.3 is 5.73 Å². The third kappa shape index (κ3) is 3.44. The van der Waals surface area contributed by atoms with E-state index in [1.54, 1.807) is 0 Å². The predicted molar refractivity (Wildman–Crippen MR) is 81.6 cm³/mol. The first kappa shape index (κ1) is 13.8. The molecule has 2 rings (SSSR count). The second-order valence-electron chi connectivity index (χ2n) is 5.01. The summed E-state index contributed by atoms with van der Waals surface area (Å²) in [7, 11) is -1.05. The molecule has 2 aromatic rings. The van der Waals surface area contributed by atoms with Crippen LogP contribution in [0.3, 0.4) is 0 Å². The van der Waals surface area contributed by atoms with Crippen LogP contribution in [0.1, 0.15) is 22.3 Å². The fourth-order valence-corrected chi connectivity index (χ4v) is 3.56. The average Bonchev–Trinajstić information content (AvgIpc) is 2.30. The first-order valence-electron chi connectivity index (χ1n) is 6.27. The van der Waals surface area contributed by atoms with E-state index in [2.05, 4.69) is 32.0 Å². The van der Waals surface area contributed by atoms with E-state index in [9.17, 15) is 4.21 Å². The SMILES string of the molecule is Cc1cc(C)cc(CS(=O)c2cc(N)ccc2C)c1. The Hall–Kier alpha value is -1.61. The highest BCUT2D eigenvalue weighted by atomic mass is 32.2. The topological polar surface area (TPSA) is 43.1 Å². The van der Waals surface area contributed by atoms with E-state index in [0.29, 0.717) is 11.4 Å².